The molecule has 0 fully saturated rings. The molecule has 0 saturated carbocycles. The third-order valence-electron chi connectivity index (χ3n) is 16.5. The van der Waals surface area contributed by atoms with Crippen molar-refractivity contribution in [3.05, 3.63) is 136 Å². The number of aryl methyl sites for hydroxylation is 2. The van der Waals surface area contributed by atoms with Crippen LogP contribution in [0.1, 0.15) is 148 Å². The zero-order valence-corrected chi connectivity index (χ0v) is 41.6. The maximum absolute atomic E-state index is 7.50. The summed E-state index contributed by atoms with van der Waals surface area (Å²) >= 11 is 0. The largest absolute Gasteiger partial charge is 0.468 e. The van der Waals surface area contributed by atoms with E-state index >= 15 is 0 Å². The molecule has 0 unspecified atom stereocenters. The molecule has 0 bridgehead atoms. The van der Waals surface area contributed by atoms with Crippen molar-refractivity contribution in [2.24, 2.45) is 0 Å². The van der Waals surface area contributed by atoms with Gasteiger partial charge in [0.1, 0.15) is 16.7 Å². The van der Waals surface area contributed by atoms with Gasteiger partial charge in [0.2, 0.25) is 0 Å². The summed E-state index contributed by atoms with van der Waals surface area (Å²) < 4.78 is 14.5. The molecule has 0 amide bonds. The van der Waals surface area contributed by atoms with Crippen LogP contribution < -0.4 is 26.4 Å². The molecule has 2 aliphatic heterocycles. The Morgan fingerprint density at radius 3 is 1.98 bits per heavy atom. The molecule has 334 valence electrons. The highest BCUT2D eigenvalue weighted by Crippen LogP contribution is 2.54. The van der Waals surface area contributed by atoms with E-state index in [2.05, 4.69) is 197 Å². The van der Waals surface area contributed by atoms with E-state index in [4.69, 9.17) is 8.83 Å². The van der Waals surface area contributed by atoms with Gasteiger partial charge in [-0.1, -0.05) is 126 Å². The molecule has 0 saturated heterocycles. The summed E-state index contributed by atoms with van der Waals surface area (Å²) in [6, 6.07) is 37.8. The van der Waals surface area contributed by atoms with Crippen LogP contribution in [0.4, 0.5) is 34.1 Å². The minimum absolute atomic E-state index is 0.0265. The van der Waals surface area contributed by atoms with Gasteiger partial charge in [-0.2, -0.15) is 0 Å². The second-order valence-electron chi connectivity index (χ2n) is 24.6. The van der Waals surface area contributed by atoms with E-state index in [1.165, 1.54) is 85.5 Å². The molecule has 0 radical (unpaired) electrons. The Bertz CT molecular complexity index is 3380. The first-order chi connectivity index (χ1) is 31.1. The number of para-hydroxylation sites is 1. The first-order valence-electron chi connectivity index (χ1n) is 24.7. The van der Waals surface area contributed by atoms with Crippen molar-refractivity contribution >= 4 is 90.3 Å². The van der Waals surface area contributed by atoms with Crippen molar-refractivity contribution in [2.75, 3.05) is 9.80 Å². The number of anilines is 6. The first kappa shape index (κ1) is 41.7. The number of hydrogen-bond donors (Lipinski definition) is 0. The average Bonchev–Trinajstić information content (AvgIpc) is 3.83. The predicted octanol–water partition coefficient (Wildman–Crippen LogP) is 15.3. The molecule has 66 heavy (non-hydrogen) atoms. The molecule has 2 aromatic heterocycles. The number of rotatable bonds is 2. The van der Waals surface area contributed by atoms with Crippen molar-refractivity contribution in [1.29, 1.82) is 0 Å². The molecule has 0 N–H and O–H groups in total. The minimum atomic E-state index is -0.135. The highest BCUT2D eigenvalue weighted by atomic mass is 16.3. The quantitative estimate of drug-likeness (QED) is 0.162. The normalized spacial score (nSPS) is 18.0. The zero-order chi connectivity index (χ0) is 46.2. The fraction of sp³-hybridized carbons (Fsp3) is 0.377. The van der Waals surface area contributed by atoms with E-state index in [1.807, 2.05) is 0 Å². The monoisotopic (exact) mass is 869 g/mol. The van der Waals surface area contributed by atoms with Crippen LogP contribution >= 0.6 is 0 Å². The van der Waals surface area contributed by atoms with E-state index in [0.29, 0.717) is 0 Å². The molecule has 8 aromatic rings. The van der Waals surface area contributed by atoms with Crippen molar-refractivity contribution < 1.29 is 8.83 Å². The summed E-state index contributed by atoms with van der Waals surface area (Å²) in [5.74, 6) is 0. The molecule has 5 heteroatoms. The van der Waals surface area contributed by atoms with Crippen LogP contribution in [0.15, 0.2) is 106 Å². The van der Waals surface area contributed by atoms with Crippen LogP contribution in [0.3, 0.4) is 0 Å². The molecule has 0 spiro atoms. The number of fused-ring (bicyclic) bond motifs is 11. The van der Waals surface area contributed by atoms with Gasteiger partial charge in [-0.05, 0) is 165 Å². The zero-order valence-electron chi connectivity index (χ0n) is 41.6. The molecule has 4 heterocycles. The summed E-state index contributed by atoms with van der Waals surface area (Å²) in [5, 5.41) is 3.41. The Morgan fingerprint density at radius 2 is 1.26 bits per heavy atom. The summed E-state index contributed by atoms with van der Waals surface area (Å²) in [5.41, 5.74) is 23.2. The number of furan rings is 2. The lowest BCUT2D eigenvalue weighted by Crippen LogP contribution is -2.61. The average molecular weight is 869 g/mol. The lowest BCUT2D eigenvalue weighted by Gasteiger charge is -2.47. The molecular weight excluding hydrogens is 803 g/mol. The van der Waals surface area contributed by atoms with E-state index in [1.54, 1.807) is 0 Å². The van der Waals surface area contributed by atoms with Gasteiger partial charge in [-0.15, -0.1) is 0 Å². The smallest absolute Gasteiger partial charge is 0.297 e. The van der Waals surface area contributed by atoms with Gasteiger partial charge in [0.15, 0.2) is 0 Å². The summed E-state index contributed by atoms with van der Waals surface area (Å²) in [7, 11) is 0. The topological polar surface area (TPSA) is 32.8 Å². The fourth-order valence-corrected chi connectivity index (χ4v) is 12.7. The first-order valence-corrected chi connectivity index (χ1v) is 24.7. The van der Waals surface area contributed by atoms with Gasteiger partial charge in [0, 0.05) is 39.1 Å². The Hall–Kier alpha value is -5.68. The molecular formula is C61H65BN2O2. The third-order valence-corrected chi connectivity index (χ3v) is 16.5. The van der Waals surface area contributed by atoms with Crippen LogP contribution in [0.25, 0.3) is 32.9 Å². The number of hydrogen-bond acceptors (Lipinski definition) is 4. The molecule has 6 aromatic carbocycles. The van der Waals surface area contributed by atoms with E-state index in [0.717, 1.165) is 69.2 Å². The lowest BCUT2D eigenvalue weighted by molar-refractivity contribution is 0.332. The SMILES string of the molecule is Cc1cc2c3c(c1)N(c1ccc(C(C)(C)C)c4oc5ccccc5c14)c1c(oc4ccc(C(C)(C)C)cc14)B3c1cc3c(cc1N2c1ccc2c(c1)C(C)(C)CCC2)C(C)(C)CCC3(C)C. The van der Waals surface area contributed by atoms with E-state index in [9.17, 15) is 0 Å². The maximum Gasteiger partial charge on any atom is 0.297 e. The van der Waals surface area contributed by atoms with Crippen LogP contribution in [-0.2, 0) is 33.5 Å². The molecule has 4 aliphatic rings. The van der Waals surface area contributed by atoms with Gasteiger partial charge in [-0.3, -0.25) is 0 Å². The third kappa shape index (κ3) is 5.89. The van der Waals surface area contributed by atoms with Gasteiger partial charge in [-0.25, -0.2) is 0 Å². The predicted molar refractivity (Wildman–Crippen MR) is 281 cm³/mol. The Morgan fingerprint density at radius 1 is 0.576 bits per heavy atom. The number of benzene rings is 6. The standard InChI is InChI=1S/C61H65BN2O2/c1-35-29-48-53-49(30-35)64(46-24-23-41(58(5,6)7)55-52(46)39-18-14-15-19-50(39)65-55)54-40-31-37(57(2,3)4)21-25-51(40)66-56(54)62(53)45-33-43-44(61(12,13)28-27-60(43,10)11)34-47(45)63(48)38-22-20-36-17-16-26-59(8,9)42(36)32-38/h14-15,18-25,29-34H,16-17,26-28H2,1-13H3. The van der Waals surface area contributed by atoms with Gasteiger partial charge in [0.25, 0.3) is 6.71 Å². The maximum atomic E-state index is 7.50. The number of nitrogens with zero attached hydrogens (tertiary/aromatic N) is 2. The fourth-order valence-electron chi connectivity index (χ4n) is 12.7. The van der Waals surface area contributed by atoms with Crippen LogP contribution in [0, 0.1) is 6.92 Å². The lowest BCUT2D eigenvalue weighted by atomic mass is 9.35. The van der Waals surface area contributed by atoms with Gasteiger partial charge < -0.3 is 18.6 Å². The van der Waals surface area contributed by atoms with Crippen molar-refractivity contribution in [3.63, 3.8) is 0 Å². The second kappa shape index (κ2) is 13.5. The highest BCUT2D eigenvalue weighted by molar-refractivity contribution is 7.00. The van der Waals surface area contributed by atoms with Gasteiger partial charge in [0.05, 0.1) is 22.4 Å². The van der Waals surface area contributed by atoms with Gasteiger partial charge >= 0.3 is 0 Å². The Labute approximate surface area is 392 Å². The van der Waals surface area contributed by atoms with E-state index < -0.39 is 0 Å². The van der Waals surface area contributed by atoms with Crippen molar-refractivity contribution in [3.8, 4) is 0 Å². The minimum Gasteiger partial charge on any atom is -0.468 e. The second-order valence-corrected chi connectivity index (χ2v) is 24.6. The molecule has 12 rings (SSSR count). The van der Waals surface area contributed by atoms with E-state index in [-0.39, 0.29) is 33.8 Å². The summed E-state index contributed by atoms with van der Waals surface area (Å²) in [4.78, 5) is 5.23. The molecule has 2 aliphatic carbocycles. The van der Waals surface area contributed by atoms with Crippen molar-refractivity contribution in [1.82, 2.24) is 0 Å². The summed E-state index contributed by atoms with van der Waals surface area (Å²) in [6.45, 7) is 30.7. The van der Waals surface area contributed by atoms with Crippen LogP contribution in [0.5, 0.6) is 0 Å². The molecule has 0 atom stereocenters. The Kier molecular flexibility index (Phi) is 8.53. The Balaban J connectivity index is 1.24. The summed E-state index contributed by atoms with van der Waals surface area (Å²) in [6.07, 6.45) is 5.88. The van der Waals surface area contributed by atoms with Crippen molar-refractivity contribution in [2.45, 2.75) is 149 Å². The highest BCUT2D eigenvalue weighted by Gasteiger charge is 2.49. The van der Waals surface area contributed by atoms with Crippen LogP contribution in [-0.4, -0.2) is 6.71 Å². The van der Waals surface area contributed by atoms with Crippen LogP contribution in [0.2, 0.25) is 0 Å². The molecule has 4 nitrogen and oxygen atoms in total.